The Kier molecular flexibility index (Phi) is 6.86. The molecule has 0 saturated heterocycles. The highest BCUT2D eigenvalue weighted by atomic mass is 16.5. The van der Waals surface area contributed by atoms with Gasteiger partial charge < -0.3 is 34.2 Å². The molecule has 1 N–H and O–H groups in total. The van der Waals surface area contributed by atoms with Gasteiger partial charge in [-0.15, -0.1) is 0 Å². The van der Waals surface area contributed by atoms with Gasteiger partial charge in [0.1, 0.15) is 5.75 Å². The second-order valence-corrected chi connectivity index (χ2v) is 5.46. The second-order valence-electron chi connectivity index (χ2n) is 5.46. The van der Waals surface area contributed by atoms with E-state index in [-0.39, 0.29) is 17.1 Å². The van der Waals surface area contributed by atoms with E-state index < -0.39 is 17.6 Å². The van der Waals surface area contributed by atoms with Crippen LogP contribution < -0.4 is 29.4 Å². The molecule has 0 spiro atoms. The smallest absolute Gasteiger partial charge is 0.255 e. The fourth-order valence-corrected chi connectivity index (χ4v) is 2.49. The lowest BCUT2D eigenvalue weighted by Gasteiger charge is -2.15. The highest BCUT2D eigenvalue weighted by molar-refractivity contribution is 6.03. The molecule has 0 aliphatic heterocycles. The minimum absolute atomic E-state index is 0.113. The zero-order valence-electron chi connectivity index (χ0n) is 15.9. The maximum atomic E-state index is 12.6. The summed E-state index contributed by atoms with van der Waals surface area (Å²) in [6, 6.07) is 9.58. The number of para-hydroxylation sites is 1. The number of amides is 1. The number of aliphatic carboxylic acids is 1. The fourth-order valence-electron chi connectivity index (χ4n) is 2.49. The molecule has 0 fully saturated rings. The highest BCUT2D eigenvalue weighted by Crippen LogP contribution is 2.38. The Hall–Kier alpha value is -3.68. The molecule has 0 unspecified atom stereocenters. The SMILES string of the molecule is COc1ccccc1/C=C(/NC(=O)c1cc(OC)c(OC)c(OC)c1)C(=O)[O-]. The van der Waals surface area contributed by atoms with Crippen LogP contribution in [0.3, 0.4) is 0 Å². The minimum atomic E-state index is -1.55. The zero-order valence-corrected chi connectivity index (χ0v) is 15.9. The van der Waals surface area contributed by atoms with E-state index in [4.69, 9.17) is 18.9 Å². The van der Waals surface area contributed by atoms with Crippen LogP contribution >= 0.6 is 0 Å². The quantitative estimate of drug-likeness (QED) is 0.681. The molecule has 2 aromatic rings. The number of carbonyl (C=O) groups excluding carboxylic acids is 2. The van der Waals surface area contributed by atoms with Gasteiger partial charge in [0.25, 0.3) is 5.91 Å². The van der Waals surface area contributed by atoms with Crippen LogP contribution in [0.15, 0.2) is 42.1 Å². The number of rotatable bonds is 8. The van der Waals surface area contributed by atoms with E-state index in [2.05, 4.69) is 5.32 Å². The summed E-state index contributed by atoms with van der Waals surface area (Å²) in [7, 11) is 5.71. The van der Waals surface area contributed by atoms with E-state index in [9.17, 15) is 14.7 Å². The molecular weight excluding hydrogens is 366 g/mol. The van der Waals surface area contributed by atoms with E-state index in [1.54, 1.807) is 24.3 Å². The molecule has 0 heterocycles. The van der Waals surface area contributed by atoms with Crippen molar-refractivity contribution in [2.45, 2.75) is 0 Å². The van der Waals surface area contributed by atoms with Crippen LogP contribution in [0.5, 0.6) is 23.0 Å². The molecule has 0 aliphatic carbocycles. The van der Waals surface area contributed by atoms with Crippen LogP contribution in [0.25, 0.3) is 6.08 Å². The number of hydrogen-bond donors (Lipinski definition) is 1. The van der Waals surface area contributed by atoms with E-state index in [0.29, 0.717) is 17.1 Å². The summed E-state index contributed by atoms with van der Waals surface area (Å²) in [5, 5.41) is 13.8. The summed E-state index contributed by atoms with van der Waals surface area (Å²) in [4.78, 5) is 24.1. The number of ether oxygens (including phenoxy) is 4. The standard InChI is InChI=1S/C20H21NO7/c1-25-15-8-6-5-7-12(15)9-14(20(23)24)21-19(22)13-10-16(26-2)18(28-4)17(11-13)27-3/h5-11H,1-4H3,(H,21,22)(H,23,24)/p-1/b14-9+. The van der Waals surface area contributed by atoms with Gasteiger partial charge in [0, 0.05) is 11.1 Å². The van der Waals surface area contributed by atoms with Gasteiger partial charge in [0.2, 0.25) is 5.75 Å². The number of hydrogen-bond acceptors (Lipinski definition) is 7. The first kappa shape index (κ1) is 20.6. The molecule has 2 aromatic carbocycles. The van der Waals surface area contributed by atoms with Gasteiger partial charge in [0.15, 0.2) is 11.5 Å². The number of nitrogens with one attached hydrogen (secondary N) is 1. The number of benzene rings is 2. The van der Waals surface area contributed by atoms with Crippen molar-refractivity contribution in [3.63, 3.8) is 0 Å². The van der Waals surface area contributed by atoms with Crippen molar-refractivity contribution >= 4 is 18.0 Å². The Morgan fingerprint density at radius 2 is 1.46 bits per heavy atom. The Labute approximate surface area is 162 Å². The minimum Gasteiger partial charge on any atom is -0.543 e. The van der Waals surface area contributed by atoms with Gasteiger partial charge in [0.05, 0.1) is 40.1 Å². The largest absolute Gasteiger partial charge is 0.543 e. The predicted molar refractivity (Wildman–Crippen MR) is 99.5 cm³/mol. The maximum Gasteiger partial charge on any atom is 0.255 e. The van der Waals surface area contributed by atoms with Gasteiger partial charge in [-0.2, -0.15) is 0 Å². The monoisotopic (exact) mass is 386 g/mol. The summed E-state index contributed by atoms with van der Waals surface area (Å²) in [6.07, 6.45) is 1.25. The number of carboxylic acids is 1. The van der Waals surface area contributed by atoms with Crippen LogP contribution in [-0.4, -0.2) is 40.3 Å². The molecule has 8 heteroatoms. The number of carbonyl (C=O) groups is 2. The highest BCUT2D eigenvalue weighted by Gasteiger charge is 2.18. The van der Waals surface area contributed by atoms with Gasteiger partial charge in [-0.1, -0.05) is 18.2 Å². The Morgan fingerprint density at radius 1 is 0.893 bits per heavy atom. The third-order valence-corrected chi connectivity index (χ3v) is 3.83. The van der Waals surface area contributed by atoms with Crippen molar-refractivity contribution < 1.29 is 33.6 Å². The fraction of sp³-hybridized carbons (Fsp3) is 0.200. The lowest BCUT2D eigenvalue weighted by molar-refractivity contribution is -0.299. The Balaban J connectivity index is 2.40. The molecule has 28 heavy (non-hydrogen) atoms. The van der Waals surface area contributed by atoms with Crippen LogP contribution in [0.2, 0.25) is 0 Å². The van der Waals surface area contributed by atoms with Crippen molar-refractivity contribution in [1.29, 1.82) is 0 Å². The summed E-state index contributed by atoms with van der Waals surface area (Å²) in [6.45, 7) is 0. The first-order valence-corrected chi connectivity index (χ1v) is 8.12. The summed E-state index contributed by atoms with van der Waals surface area (Å²) < 4.78 is 20.8. The summed E-state index contributed by atoms with van der Waals surface area (Å²) in [5.74, 6) is -0.961. The molecule has 148 valence electrons. The molecule has 0 atom stereocenters. The average molecular weight is 386 g/mol. The van der Waals surface area contributed by atoms with Crippen LogP contribution in [0.4, 0.5) is 0 Å². The van der Waals surface area contributed by atoms with Gasteiger partial charge >= 0.3 is 0 Å². The second kappa shape index (κ2) is 9.31. The number of methoxy groups -OCH3 is 4. The normalized spacial score (nSPS) is 10.8. The Morgan fingerprint density at radius 3 is 1.96 bits per heavy atom. The van der Waals surface area contributed by atoms with E-state index in [1.807, 2.05) is 0 Å². The molecular formula is C20H20NO7-. The molecule has 2 rings (SSSR count). The van der Waals surface area contributed by atoms with Crippen molar-refractivity contribution in [1.82, 2.24) is 5.32 Å². The van der Waals surface area contributed by atoms with Gasteiger partial charge in [-0.05, 0) is 24.3 Å². The lowest BCUT2D eigenvalue weighted by Crippen LogP contribution is -2.35. The van der Waals surface area contributed by atoms with Crippen molar-refractivity contribution in [2.75, 3.05) is 28.4 Å². The molecule has 0 saturated carbocycles. The molecule has 0 bridgehead atoms. The van der Waals surface area contributed by atoms with Crippen LogP contribution in [-0.2, 0) is 4.79 Å². The molecule has 1 amide bonds. The van der Waals surface area contributed by atoms with E-state index in [1.165, 1.54) is 46.6 Å². The van der Waals surface area contributed by atoms with Crippen molar-refractivity contribution in [3.05, 3.63) is 53.2 Å². The topological polar surface area (TPSA) is 106 Å². The first-order valence-electron chi connectivity index (χ1n) is 8.12. The van der Waals surface area contributed by atoms with Crippen LogP contribution in [0, 0.1) is 0 Å². The first-order chi connectivity index (χ1) is 13.4. The molecule has 0 aromatic heterocycles. The van der Waals surface area contributed by atoms with Crippen molar-refractivity contribution in [2.24, 2.45) is 0 Å². The van der Waals surface area contributed by atoms with Gasteiger partial charge in [-0.3, -0.25) is 4.79 Å². The predicted octanol–water partition coefficient (Wildman–Crippen LogP) is 1.24. The molecule has 0 aliphatic rings. The maximum absolute atomic E-state index is 12.6. The third kappa shape index (κ3) is 4.53. The lowest BCUT2D eigenvalue weighted by atomic mass is 10.1. The van der Waals surface area contributed by atoms with E-state index >= 15 is 0 Å². The number of carboxylic acid groups (broad SMARTS) is 1. The Bertz CT molecular complexity index is 880. The third-order valence-electron chi connectivity index (χ3n) is 3.83. The van der Waals surface area contributed by atoms with Gasteiger partial charge in [-0.25, -0.2) is 0 Å². The molecule has 0 radical (unpaired) electrons. The zero-order chi connectivity index (χ0) is 20.7. The summed E-state index contributed by atoms with van der Waals surface area (Å²) >= 11 is 0. The van der Waals surface area contributed by atoms with Crippen LogP contribution in [0.1, 0.15) is 15.9 Å². The summed E-state index contributed by atoms with van der Waals surface area (Å²) in [5.41, 5.74) is 0.152. The average Bonchev–Trinajstić information content (AvgIpc) is 2.72. The van der Waals surface area contributed by atoms with Crippen molar-refractivity contribution in [3.8, 4) is 23.0 Å². The van der Waals surface area contributed by atoms with E-state index in [0.717, 1.165) is 0 Å². The molecule has 8 nitrogen and oxygen atoms in total.